The Morgan fingerprint density at radius 2 is 1.68 bits per heavy atom. The van der Waals surface area contributed by atoms with Crippen LogP contribution >= 0.6 is 0 Å². The minimum atomic E-state index is 0.688. The van der Waals surface area contributed by atoms with E-state index in [4.69, 9.17) is 5.73 Å². The number of aromatic nitrogens is 3. The Morgan fingerprint density at radius 1 is 0.947 bits per heavy atom. The molecule has 0 unspecified atom stereocenters. The van der Waals surface area contributed by atoms with Crippen molar-refractivity contribution in [1.82, 2.24) is 15.0 Å². The second kappa shape index (κ2) is 5.20. The van der Waals surface area contributed by atoms with Crippen LogP contribution in [0.2, 0.25) is 0 Å². The molecule has 0 radical (unpaired) electrons. The number of rotatable bonds is 4. The molecular weight excluding hydrogens is 236 g/mol. The highest BCUT2D eigenvalue weighted by molar-refractivity contribution is 5.73. The van der Waals surface area contributed by atoms with Gasteiger partial charge >= 0.3 is 0 Å². The molecule has 0 bridgehead atoms. The van der Waals surface area contributed by atoms with Gasteiger partial charge in [0.1, 0.15) is 5.52 Å². The summed E-state index contributed by atoms with van der Waals surface area (Å²) in [7, 11) is 0. The van der Waals surface area contributed by atoms with E-state index in [2.05, 4.69) is 34.6 Å². The van der Waals surface area contributed by atoms with E-state index in [1.54, 1.807) is 0 Å². The zero-order valence-corrected chi connectivity index (χ0v) is 10.7. The molecule has 3 rings (SSSR count). The lowest BCUT2D eigenvalue weighted by atomic mass is 10.1. The van der Waals surface area contributed by atoms with Crippen LogP contribution in [0.4, 0.5) is 0 Å². The fraction of sp³-hybridized carbons (Fsp3) is 0.200. The molecule has 1 aromatic heterocycles. The average Bonchev–Trinajstić information content (AvgIpc) is 2.85. The molecular formula is C15H16N4. The van der Waals surface area contributed by atoms with Gasteiger partial charge in [0.25, 0.3) is 0 Å². The zero-order valence-electron chi connectivity index (χ0n) is 10.7. The highest BCUT2D eigenvalue weighted by atomic mass is 15.4. The topological polar surface area (TPSA) is 56.7 Å². The van der Waals surface area contributed by atoms with Gasteiger partial charge in [-0.05, 0) is 36.2 Å². The summed E-state index contributed by atoms with van der Waals surface area (Å²) in [6.45, 7) is 1.43. The average molecular weight is 252 g/mol. The van der Waals surface area contributed by atoms with Crippen LogP contribution in [-0.4, -0.2) is 21.5 Å². The molecule has 2 N–H and O–H groups in total. The maximum Gasteiger partial charge on any atom is 0.113 e. The molecule has 1 heterocycles. The predicted octanol–water partition coefficient (Wildman–Crippen LogP) is 1.98. The Balaban J connectivity index is 1.84. The Morgan fingerprint density at radius 3 is 2.47 bits per heavy atom. The first-order chi connectivity index (χ1) is 9.36. The van der Waals surface area contributed by atoms with E-state index >= 15 is 0 Å². The van der Waals surface area contributed by atoms with Gasteiger partial charge in [0.15, 0.2) is 0 Å². The Bertz CT molecular complexity index is 670. The molecule has 0 aliphatic heterocycles. The zero-order chi connectivity index (χ0) is 13.1. The Kier molecular flexibility index (Phi) is 3.25. The minimum absolute atomic E-state index is 0.688. The smallest absolute Gasteiger partial charge is 0.113 e. The first kappa shape index (κ1) is 11.9. The van der Waals surface area contributed by atoms with Crippen LogP contribution in [0, 0.1) is 0 Å². The number of hydrogen-bond donors (Lipinski definition) is 1. The quantitative estimate of drug-likeness (QED) is 0.772. The van der Waals surface area contributed by atoms with E-state index in [1.807, 2.05) is 28.9 Å². The first-order valence-electron chi connectivity index (χ1n) is 6.43. The lowest BCUT2D eigenvalue weighted by Gasteiger charge is -2.04. The van der Waals surface area contributed by atoms with Crippen molar-refractivity contribution in [3.05, 3.63) is 59.7 Å². The molecule has 3 aromatic rings. The molecule has 4 nitrogen and oxygen atoms in total. The highest BCUT2D eigenvalue weighted by Gasteiger charge is 2.03. The first-order valence-corrected chi connectivity index (χ1v) is 6.43. The molecule has 2 aromatic carbocycles. The van der Waals surface area contributed by atoms with Gasteiger partial charge in [-0.15, -0.1) is 5.10 Å². The summed E-state index contributed by atoms with van der Waals surface area (Å²) < 4.78 is 1.92. The summed E-state index contributed by atoms with van der Waals surface area (Å²) in [4.78, 5) is 0. The summed E-state index contributed by atoms with van der Waals surface area (Å²) in [6, 6.07) is 16.5. The maximum atomic E-state index is 5.55. The second-order valence-corrected chi connectivity index (χ2v) is 4.59. The van der Waals surface area contributed by atoms with Crippen LogP contribution in [0.3, 0.4) is 0 Å². The van der Waals surface area contributed by atoms with E-state index in [0.717, 1.165) is 24.0 Å². The van der Waals surface area contributed by atoms with E-state index in [1.165, 1.54) is 11.1 Å². The van der Waals surface area contributed by atoms with Gasteiger partial charge in [-0.1, -0.05) is 41.6 Å². The third-order valence-electron chi connectivity index (χ3n) is 3.21. The van der Waals surface area contributed by atoms with Crippen molar-refractivity contribution in [2.24, 2.45) is 5.73 Å². The van der Waals surface area contributed by atoms with Crippen LogP contribution in [0.25, 0.3) is 11.0 Å². The van der Waals surface area contributed by atoms with Crippen molar-refractivity contribution in [1.29, 1.82) is 0 Å². The van der Waals surface area contributed by atoms with Crippen LogP contribution in [0.5, 0.6) is 0 Å². The second-order valence-electron chi connectivity index (χ2n) is 4.59. The van der Waals surface area contributed by atoms with E-state index in [-0.39, 0.29) is 0 Å². The van der Waals surface area contributed by atoms with Crippen LogP contribution in [0.15, 0.2) is 48.5 Å². The van der Waals surface area contributed by atoms with Crippen molar-refractivity contribution in [3.8, 4) is 0 Å². The Labute approximate surface area is 111 Å². The molecule has 4 heteroatoms. The van der Waals surface area contributed by atoms with Crippen molar-refractivity contribution in [2.75, 3.05) is 6.54 Å². The molecule has 19 heavy (non-hydrogen) atoms. The largest absolute Gasteiger partial charge is 0.330 e. The van der Waals surface area contributed by atoms with Crippen molar-refractivity contribution < 1.29 is 0 Å². The predicted molar refractivity (Wildman–Crippen MR) is 75.8 cm³/mol. The van der Waals surface area contributed by atoms with Gasteiger partial charge in [0, 0.05) is 0 Å². The number of nitrogens with zero attached hydrogens (tertiary/aromatic N) is 3. The summed E-state index contributed by atoms with van der Waals surface area (Å²) in [5.74, 6) is 0. The van der Waals surface area contributed by atoms with Gasteiger partial charge in [0.2, 0.25) is 0 Å². The van der Waals surface area contributed by atoms with Crippen LogP contribution < -0.4 is 5.73 Å². The lowest BCUT2D eigenvalue weighted by molar-refractivity contribution is 0.669. The number of para-hydroxylation sites is 1. The van der Waals surface area contributed by atoms with E-state index in [0.29, 0.717) is 6.54 Å². The number of fused-ring (bicyclic) bond motifs is 1. The molecule has 0 aliphatic rings. The third-order valence-corrected chi connectivity index (χ3v) is 3.21. The summed E-state index contributed by atoms with van der Waals surface area (Å²) in [5, 5.41) is 8.35. The molecule has 96 valence electrons. The number of benzene rings is 2. The fourth-order valence-corrected chi connectivity index (χ4v) is 2.19. The Hall–Kier alpha value is -2.20. The maximum absolute atomic E-state index is 5.55. The number of nitrogens with two attached hydrogens (primary N) is 1. The number of hydrogen-bond acceptors (Lipinski definition) is 3. The van der Waals surface area contributed by atoms with Crippen molar-refractivity contribution in [3.63, 3.8) is 0 Å². The third kappa shape index (κ3) is 2.48. The van der Waals surface area contributed by atoms with Crippen molar-refractivity contribution >= 4 is 11.0 Å². The van der Waals surface area contributed by atoms with Crippen molar-refractivity contribution in [2.45, 2.75) is 13.0 Å². The monoisotopic (exact) mass is 252 g/mol. The summed E-state index contributed by atoms with van der Waals surface area (Å²) in [6.07, 6.45) is 0.923. The van der Waals surface area contributed by atoms with Crippen LogP contribution in [-0.2, 0) is 13.0 Å². The molecule has 0 saturated heterocycles. The summed E-state index contributed by atoms with van der Waals surface area (Å²) >= 11 is 0. The molecule has 0 saturated carbocycles. The molecule has 0 spiro atoms. The van der Waals surface area contributed by atoms with Gasteiger partial charge in [-0.3, -0.25) is 0 Å². The van der Waals surface area contributed by atoms with Gasteiger partial charge in [0.05, 0.1) is 12.1 Å². The molecule has 0 fully saturated rings. The molecule has 0 atom stereocenters. The fourth-order valence-electron chi connectivity index (χ4n) is 2.19. The van der Waals surface area contributed by atoms with Gasteiger partial charge < -0.3 is 5.73 Å². The SMILES string of the molecule is NCCc1ccc(Cn2nnc3ccccc32)cc1. The standard InChI is InChI=1S/C15H16N4/c16-10-9-12-5-7-13(8-6-12)11-19-15-4-2-1-3-14(15)17-18-19/h1-8H,9-11,16H2. The summed E-state index contributed by atoms with van der Waals surface area (Å²) in [5.41, 5.74) is 10.0. The highest BCUT2D eigenvalue weighted by Crippen LogP contribution is 2.12. The van der Waals surface area contributed by atoms with E-state index < -0.39 is 0 Å². The normalized spacial score (nSPS) is 11.0. The lowest BCUT2D eigenvalue weighted by Crippen LogP contribution is -2.04. The minimum Gasteiger partial charge on any atom is -0.330 e. The molecule has 0 amide bonds. The van der Waals surface area contributed by atoms with Gasteiger partial charge in [-0.25, -0.2) is 4.68 Å². The van der Waals surface area contributed by atoms with Gasteiger partial charge in [-0.2, -0.15) is 0 Å². The molecule has 0 aliphatic carbocycles. The van der Waals surface area contributed by atoms with Crippen LogP contribution in [0.1, 0.15) is 11.1 Å². The van der Waals surface area contributed by atoms with E-state index in [9.17, 15) is 0 Å².